The van der Waals surface area contributed by atoms with Gasteiger partial charge in [0, 0.05) is 6.07 Å². The molecule has 6 nitrogen and oxygen atoms in total. The molecule has 0 unspecified atom stereocenters. The summed E-state index contributed by atoms with van der Waals surface area (Å²) in [5, 5.41) is 13.2. The smallest absolute Gasteiger partial charge is 0.282 e. The number of nitrogens with one attached hydrogen (secondary N) is 1. The molecule has 6 heteroatoms. The first kappa shape index (κ1) is 12.1. The number of amides is 1. The fourth-order valence-electron chi connectivity index (χ4n) is 1.18. The first-order chi connectivity index (χ1) is 7.31. The molecule has 0 aliphatic heterocycles. The number of hydrogen-bond donors (Lipinski definition) is 2. The first-order valence-electron chi connectivity index (χ1n) is 4.66. The maximum atomic E-state index is 11.7. The summed E-state index contributed by atoms with van der Waals surface area (Å²) >= 11 is 0. The van der Waals surface area contributed by atoms with Crippen molar-refractivity contribution in [1.82, 2.24) is 5.32 Å². The third-order valence-electron chi connectivity index (χ3n) is 1.78. The molecule has 0 saturated heterocycles. The molecule has 86 valence electrons. The maximum Gasteiger partial charge on any atom is 0.282 e. The Morgan fingerprint density at radius 3 is 2.50 bits per heavy atom. The lowest BCUT2D eigenvalue weighted by Gasteiger charge is -2.20. The number of nitro benzene ring substituents is 1. The molecule has 3 N–H and O–H groups in total. The van der Waals surface area contributed by atoms with E-state index in [9.17, 15) is 14.9 Å². The van der Waals surface area contributed by atoms with Crippen molar-refractivity contribution in [2.75, 3.05) is 0 Å². The van der Waals surface area contributed by atoms with E-state index in [1.54, 1.807) is 19.9 Å². The van der Waals surface area contributed by atoms with Gasteiger partial charge >= 0.3 is 0 Å². The minimum absolute atomic E-state index is 0.00558. The van der Waals surface area contributed by atoms with Gasteiger partial charge in [0.05, 0.1) is 10.6 Å². The number of para-hydroxylation sites is 1. The van der Waals surface area contributed by atoms with Crippen molar-refractivity contribution >= 4 is 11.6 Å². The molecule has 0 heterocycles. The van der Waals surface area contributed by atoms with Crippen LogP contribution >= 0.6 is 0 Å². The van der Waals surface area contributed by atoms with E-state index < -0.39 is 16.5 Å². The number of rotatable bonds is 3. The second-order valence-electron chi connectivity index (χ2n) is 3.95. The van der Waals surface area contributed by atoms with Gasteiger partial charge in [0.15, 0.2) is 0 Å². The van der Waals surface area contributed by atoms with Gasteiger partial charge in [-0.15, -0.1) is 0 Å². The Morgan fingerprint density at radius 2 is 2.00 bits per heavy atom. The molecule has 0 aliphatic rings. The first-order valence-corrected chi connectivity index (χ1v) is 4.66. The summed E-state index contributed by atoms with van der Waals surface area (Å²) in [4.78, 5) is 21.8. The summed E-state index contributed by atoms with van der Waals surface area (Å²) in [6.07, 6.45) is 0. The number of carbonyl (C=O) groups is 1. The zero-order valence-corrected chi connectivity index (χ0v) is 9.06. The predicted molar refractivity (Wildman–Crippen MR) is 58.8 cm³/mol. The fourth-order valence-corrected chi connectivity index (χ4v) is 1.18. The van der Waals surface area contributed by atoms with Crippen LogP contribution in [0.3, 0.4) is 0 Å². The molecule has 0 atom stereocenters. The molecule has 0 aliphatic carbocycles. The van der Waals surface area contributed by atoms with Crippen LogP contribution in [-0.4, -0.2) is 16.5 Å². The summed E-state index contributed by atoms with van der Waals surface area (Å²) in [6.45, 7) is 3.19. The second kappa shape index (κ2) is 4.28. The van der Waals surface area contributed by atoms with Crippen LogP contribution in [0.15, 0.2) is 24.3 Å². The highest BCUT2D eigenvalue weighted by molar-refractivity contribution is 5.98. The van der Waals surface area contributed by atoms with E-state index in [2.05, 4.69) is 5.32 Å². The lowest BCUT2D eigenvalue weighted by atomic mass is 10.1. The minimum atomic E-state index is -0.916. The van der Waals surface area contributed by atoms with E-state index >= 15 is 0 Å². The van der Waals surface area contributed by atoms with Gasteiger partial charge in [-0.1, -0.05) is 12.1 Å². The fraction of sp³-hybridized carbons (Fsp3) is 0.300. The molecule has 16 heavy (non-hydrogen) atoms. The third-order valence-corrected chi connectivity index (χ3v) is 1.78. The maximum absolute atomic E-state index is 11.7. The van der Waals surface area contributed by atoms with Crippen LogP contribution < -0.4 is 11.1 Å². The van der Waals surface area contributed by atoms with E-state index in [1.807, 2.05) is 0 Å². The number of nitro groups is 1. The zero-order chi connectivity index (χ0) is 12.3. The van der Waals surface area contributed by atoms with Crippen LogP contribution in [0.4, 0.5) is 5.69 Å². The molecular weight excluding hydrogens is 210 g/mol. The molecule has 1 amide bonds. The van der Waals surface area contributed by atoms with Crippen molar-refractivity contribution in [2.45, 2.75) is 19.5 Å². The molecule has 0 fully saturated rings. The Labute approximate surface area is 92.6 Å². The quantitative estimate of drug-likeness (QED) is 0.454. The van der Waals surface area contributed by atoms with Gasteiger partial charge in [-0.2, -0.15) is 0 Å². The van der Waals surface area contributed by atoms with Crippen LogP contribution in [0.2, 0.25) is 0 Å². The van der Waals surface area contributed by atoms with Gasteiger partial charge in [-0.25, -0.2) is 0 Å². The van der Waals surface area contributed by atoms with Crippen LogP contribution in [0.1, 0.15) is 24.2 Å². The number of benzene rings is 1. The standard InChI is InChI=1S/C10H13N3O3/c1-10(2,11)12-9(14)7-5-3-4-6-8(7)13(15)16/h3-6H,11H2,1-2H3,(H,12,14). The molecule has 0 spiro atoms. The molecule has 0 saturated carbocycles. The van der Waals surface area contributed by atoms with E-state index in [0.29, 0.717) is 0 Å². The van der Waals surface area contributed by atoms with Crippen molar-refractivity contribution in [3.8, 4) is 0 Å². The Bertz CT molecular complexity index is 424. The number of nitrogens with two attached hydrogens (primary N) is 1. The van der Waals surface area contributed by atoms with E-state index in [1.165, 1.54) is 18.2 Å². The van der Waals surface area contributed by atoms with Gasteiger partial charge in [-0.05, 0) is 19.9 Å². The summed E-state index contributed by atoms with van der Waals surface area (Å²) < 4.78 is 0. The zero-order valence-electron chi connectivity index (χ0n) is 9.06. The SMILES string of the molecule is CC(C)(N)NC(=O)c1ccccc1[N+](=O)[O-]. The highest BCUT2D eigenvalue weighted by Gasteiger charge is 2.22. The lowest BCUT2D eigenvalue weighted by molar-refractivity contribution is -0.385. The summed E-state index contributed by atoms with van der Waals surface area (Å²) in [5.74, 6) is -0.556. The molecule has 1 rings (SSSR count). The molecule has 1 aromatic rings. The predicted octanol–water partition coefficient (Wildman–Crippen LogP) is 1.02. The third kappa shape index (κ3) is 3.03. The summed E-state index contributed by atoms with van der Waals surface area (Å²) in [7, 11) is 0. The molecular formula is C10H13N3O3. The van der Waals surface area contributed by atoms with Gasteiger partial charge < -0.3 is 11.1 Å². The molecule has 0 bridgehead atoms. The van der Waals surface area contributed by atoms with Gasteiger partial charge in [0.25, 0.3) is 11.6 Å². The van der Waals surface area contributed by atoms with Crippen molar-refractivity contribution in [2.24, 2.45) is 5.73 Å². The topological polar surface area (TPSA) is 98.3 Å². The van der Waals surface area contributed by atoms with E-state index in [4.69, 9.17) is 5.73 Å². The van der Waals surface area contributed by atoms with Crippen molar-refractivity contribution < 1.29 is 9.72 Å². The lowest BCUT2D eigenvalue weighted by Crippen LogP contribution is -2.50. The monoisotopic (exact) mass is 223 g/mol. The summed E-state index contributed by atoms with van der Waals surface area (Å²) in [5.41, 5.74) is 4.46. The average molecular weight is 223 g/mol. The van der Waals surface area contributed by atoms with Gasteiger partial charge in [0.2, 0.25) is 0 Å². The Hall–Kier alpha value is -1.95. The van der Waals surface area contributed by atoms with Gasteiger partial charge in [-0.3, -0.25) is 14.9 Å². The molecule has 0 aromatic heterocycles. The van der Waals surface area contributed by atoms with Crippen molar-refractivity contribution in [3.05, 3.63) is 39.9 Å². The number of nitrogens with zero attached hydrogens (tertiary/aromatic N) is 1. The van der Waals surface area contributed by atoms with Crippen LogP contribution in [-0.2, 0) is 0 Å². The van der Waals surface area contributed by atoms with E-state index in [-0.39, 0.29) is 11.3 Å². The molecule has 1 aromatic carbocycles. The Balaban J connectivity index is 3.04. The molecule has 0 radical (unpaired) electrons. The van der Waals surface area contributed by atoms with Crippen molar-refractivity contribution in [3.63, 3.8) is 0 Å². The highest BCUT2D eigenvalue weighted by Crippen LogP contribution is 2.17. The van der Waals surface area contributed by atoms with Crippen LogP contribution in [0.25, 0.3) is 0 Å². The minimum Gasteiger partial charge on any atom is -0.335 e. The van der Waals surface area contributed by atoms with E-state index in [0.717, 1.165) is 0 Å². The largest absolute Gasteiger partial charge is 0.335 e. The second-order valence-corrected chi connectivity index (χ2v) is 3.95. The number of carbonyl (C=O) groups excluding carboxylic acids is 1. The highest BCUT2D eigenvalue weighted by atomic mass is 16.6. The van der Waals surface area contributed by atoms with Crippen molar-refractivity contribution in [1.29, 1.82) is 0 Å². The van der Waals surface area contributed by atoms with Crippen LogP contribution in [0.5, 0.6) is 0 Å². The van der Waals surface area contributed by atoms with Crippen LogP contribution in [0, 0.1) is 10.1 Å². The summed E-state index contributed by atoms with van der Waals surface area (Å²) in [6, 6.07) is 5.73. The Morgan fingerprint density at radius 1 is 1.44 bits per heavy atom. The average Bonchev–Trinajstić information content (AvgIpc) is 2.15. The number of hydrogen-bond acceptors (Lipinski definition) is 4. The Kier molecular flexibility index (Phi) is 3.24. The van der Waals surface area contributed by atoms with Gasteiger partial charge in [0.1, 0.15) is 5.56 Å². The normalized spacial score (nSPS) is 10.9.